The quantitative estimate of drug-likeness (QED) is 0.151. The van der Waals surface area contributed by atoms with E-state index >= 15 is 0 Å². The van der Waals surface area contributed by atoms with E-state index in [2.05, 4.69) is 123 Å². The molecule has 9 nitrogen and oxygen atoms in total. The van der Waals surface area contributed by atoms with E-state index in [-0.39, 0.29) is 35.5 Å². The minimum Gasteiger partial charge on any atom is -0.340 e. The fourth-order valence-corrected chi connectivity index (χ4v) is 13.0. The lowest BCUT2D eigenvalue weighted by atomic mass is 9.74. The van der Waals surface area contributed by atoms with Crippen molar-refractivity contribution in [2.45, 2.75) is 101 Å². The molecule has 9 rings (SSSR count). The summed E-state index contributed by atoms with van der Waals surface area (Å²) in [5.74, 6) is 3.40. The van der Waals surface area contributed by atoms with Crippen LogP contribution in [0.4, 0.5) is 4.79 Å². The maximum Gasteiger partial charge on any atom is 0.358 e. The molecule has 0 bridgehead atoms. The molecule has 2 aliphatic carbocycles. The number of hydrogen-bond acceptors (Lipinski definition) is 5. The van der Waals surface area contributed by atoms with Crippen LogP contribution in [0.1, 0.15) is 96.2 Å². The first-order chi connectivity index (χ1) is 28.4. The molecule has 2 N–H and O–H groups in total. The van der Waals surface area contributed by atoms with Gasteiger partial charge < -0.3 is 19.8 Å². The van der Waals surface area contributed by atoms with Crippen molar-refractivity contribution in [2.75, 3.05) is 26.1 Å². The van der Waals surface area contributed by atoms with Gasteiger partial charge in [-0.1, -0.05) is 69.5 Å². The van der Waals surface area contributed by atoms with E-state index in [9.17, 15) is 9.59 Å². The molecule has 2 aromatic heterocycles. The molecule has 4 aliphatic rings. The van der Waals surface area contributed by atoms with Crippen molar-refractivity contribution in [1.82, 2.24) is 34.4 Å². The van der Waals surface area contributed by atoms with Crippen LogP contribution in [0.25, 0.3) is 44.3 Å². The van der Waals surface area contributed by atoms with E-state index in [1.165, 1.54) is 25.7 Å². The van der Waals surface area contributed by atoms with E-state index in [0.717, 1.165) is 94.2 Å². The molecule has 2 aliphatic heterocycles. The molecule has 10 unspecified atom stereocenters. The third-order valence-electron chi connectivity index (χ3n) is 14.8. The van der Waals surface area contributed by atoms with Gasteiger partial charge in [0.2, 0.25) is 13.6 Å². The third kappa shape index (κ3) is 6.75. The fourth-order valence-electron chi connectivity index (χ4n) is 11.3. The second kappa shape index (κ2) is 15.6. The van der Waals surface area contributed by atoms with Crippen LogP contribution in [-0.4, -0.2) is 90.4 Å². The average molecular weight is 849 g/mol. The zero-order valence-electron chi connectivity index (χ0n) is 35.5. The number of benzene rings is 3. The Morgan fingerprint density at radius 1 is 0.949 bits per heavy atom. The highest BCUT2D eigenvalue weighted by Gasteiger charge is 2.59. The highest BCUT2D eigenvalue weighted by atomic mass is 32.2. The average Bonchev–Trinajstić information content (AvgIpc) is 4.02. The van der Waals surface area contributed by atoms with E-state index in [1.807, 2.05) is 18.4 Å². The molecule has 0 spiro atoms. The summed E-state index contributed by atoms with van der Waals surface area (Å²) in [5, 5.41) is 0. The van der Waals surface area contributed by atoms with Crippen molar-refractivity contribution < 1.29 is 9.59 Å². The fraction of sp³-hybridized carbons (Fsp3) is 0.511. The second-order valence-electron chi connectivity index (χ2n) is 18.3. The number of thioether (sulfide) groups is 1. The van der Waals surface area contributed by atoms with Gasteiger partial charge in [0.1, 0.15) is 23.2 Å². The predicted octanol–water partition coefficient (Wildman–Crippen LogP) is 11.0. The number of nitrogens with zero attached hydrogens (tertiary/aromatic N) is 5. The zero-order valence-corrected chi connectivity index (χ0v) is 38.4. The lowest BCUT2D eigenvalue weighted by molar-refractivity contribution is -0.140. The van der Waals surface area contributed by atoms with Gasteiger partial charge >= 0.3 is 6.03 Å². The van der Waals surface area contributed by atoms with Gasteiger partial charge in [0.15, 0.2) is 0 Å². The van der Waals surface area contributed by atoms with Crippen LogP contribution in [-0.2, 0) is 9.67 Å². The lowest BCUT2D eigenvalue weighted by Gasteiger charge is -2.43. The first-order valence-corrected chi connectivity index (χ1v) is 25.6. The first kappa shape index (κ1) is 40.7. The molecule has 3 amide bonds. The second-order valence-corrected chi connectivity index (χ2v) is 21.8. The van der Waals surface area contributed by atoms with Gasteiger partial charge in [0, 0.05) is 17.5 Å². The number of likely N-dealkylation sites (tertiary alicyclic amines) is 2. The van der Waals surface area contributed by atoms with Crippen molar-refractivity contribution in [1.29, 1.82) is 0 Å². The molecule has 2 saturated heterocycles. The van der Waals surface area contributed by atoms with Crippen molar-refractivity contribution in [2.24, 2.45) is 23.7 Å². The summed E-state index contributed by atoms with van der Waals surface area (Å²) in [6.07, 6.45) is 17.1. The molecule has 10 atom stereocenters. The smallest absolute Gasteiger partial charge is 0.340 e. The molecule has 4 fully saturated rings. The van der Waals surface area contributed by atoms with Crippen molar-refractivity contribution in [3.8, 4) is 22.3 Å². The van der Waals surface area contributed by atoms with Gasteiger partial charge in [0.25, 0.3) is 0 Å². The SMILES string of the molecule is C=[P+](C)N(C)C(=O)N1C(c2nc3ccc(-c4ccc(-c5ccc6nc(C7(SC)CC8CCCC(C)C8N7C(=O)C(C)CP)[nH]c6c5)cc4)cc3[nH]2)CC2CCCCC21C. The monoisotopic (exact) mass is 848 g/mol. The molecule has 3 aromatic carbocycles. The Bertz CT molecular complexity index is 2430. The highest BCUT2D eigenvalue weighted by molar-refractivity contribution is 7.99. The number of fused-ring (bicyclic) bond motifs is 4. The number of hydrogen-bond donors (Lipinski definition) is 2. The summed E-state index contributed by atoms with van der Waals surface area (Å²) < 4.78 is 1.84. The maximum absolute atomic E-state index is 14.2. The van der Waals surface area contributed by atoms with Crippen LogP contribution in [0.15, 0.2) is 60.7 Å². The number of H-pyrrole nitrogens is 2. The minimum atomic E-state index is -0.797. The molecular weight excluding hydrogens is 789 g/mol. The summed E-state index contributed by atoms with van der Waals surface area (Å²) in [5.41, 5.74) is 8.15. The summed E-state index contributed by atoms with van der Waals surface area (Å²) >= 11 is 1.78. The minimum absolute atomic E-state index is 0.0549. The Balaban J connectivity index is 0.983. The van der Waals surface area contributed by atoms with Crippen LogP contribution in [0, 0.1) is 23.7 Å². The molecule has 310 valence electrons. The van der Waals surface area contributed by atoms with Crippen LogP contribution in [0.5, 0.6) is 0 Å². The standard InChI is InChI=1S/C47H60N7O2P2S/c1-28-11-10-12-34-26-47(59-7,54(41(28)34)43(55)29(2)27-57)44-50-37-21-19-33(24-39(37)51-44)31-16-14-30(15-17-31)32-18-20-36-38(23-32)49-42(48-36)40-25-35-13-8-9-22-46(35,3)53(40)45(56)52(4)58(5)6/h14-21,23-24,28-29,34-35,40-41H,5,8-13,22,25-27,57H2,1-4,6-7H3,(H,48,49)(H,50,51)/q+1. The number of aromatic nitrogens is 4. The molecule has 0 radical (unpaired) electrons. The normalized spacial score (nSPS) is 28.8. The van der Waals surface area contributed by atoms with Crippen LogP contribution in [0.3, 0.4) is 0 Å². The number of imidazole rings is 2. The van der Waals surface area contributed by atoms with Crippen LogP contribution in [0.2, 0.25) is 0 Å². The van der Waals surface area contributed by atoms with E-state index in [1.54, 1.807) is 11.8 Å². The van der Waals surface area contributed by atoms with Gasteiger partial charge in [-0.3, -0.25) is 4.79 Å². The summed E-state index contributed by atoms with van der Waals surface area (Å²) in [4.78, 5) is 49.9. The van der Waals surface area contributed by atoms with E-state index < -0.39 is 12.6 Å². The summed E-state index contributed by atoms with van der Waals surface area (Å²) in [6, 6.07) is 21.9. The topological polar surface area (TPSA) is 101 Å². The Morgan fingerprint density at radius 3 is 2.24 bits per heavy atom. The summed E-state index contributed by atoms with van der Waals surface area (Å²) in [6.45, 7) is 8.74. The molecule has 4 heterocycles. The van der Waals surface area contributed by atoms with Crippen molar-refractivity contribution in [3.63, 3.8) is 0 Å². The number of rotatable bonds is 8. The maximum atomic E-state index is 14.2. The largest absolute Gasteiger partial charge is 0.358 e. The van der Waals surface area contributed by atoms with Gasteiger partial charge in [-0.15, -0.1) is 21.0 Å². The van der Waals surface area contributed by atoms with Gasteiger partial charge in [-0.2, -0.15) is 4.67 Å². The molecule has 12 heteroatoms. The molecule has 5 aromatic rings. The Morgan fingerprint density at radius 2 is 1.59 bits per heavy atom. The Hall–Kier alpha value is -3.71. The van der Waals surface area contributed by atoms with E-state index in [0.29, 0.717) is 17.8 Å². The zero-order chi connectivity index (χ0) is 41.4. The third-order valence-corrected chi connectivity index (χ3v) is 18.0. The molecular formula is C47H60N7O2P2S+. The van der Waals surface area contributed by atoms with Gasteiger partial charge in [-0.05, 0) is 122 Å². The number of carbonyl (C=O) groups excluding carboxylic acids is 2. The Labute approximate surface area is 356 Å². The van der Waals surface area contributed by atoms with E-state index in [4.69, 9.17) is 9.97 Å². The lowest BCUT2D eigenvalue weighted by Crippen LogP contribution is -2.53. The van der Waals surface area contributed by atoms with Crippen LogP contribution >= 0.6 is 28.7 Å². The van der Waals surface area contributed by atoms with Gasteiger partial charge in [0.05, 0.1) is 41.5 Å². The predicted molar refractivity (Wildman–Crippen MR) is 250 cm³/mol. The first-order valence-electron chi connectivity index (χ1n) is 21.7. The van der Waals surface area contributed by atoms with Crippen molar-refractivity contribution in [3.05, 3.63) is 72.3 Å². The number of aromatic amines is 2. The summed E-state index contributed by atoms with van der Waals surface area (Å²) in [7, 11) is 3.88. The number of nitrogens with one attached hydrogen (secondary N) is 2. The number of carbonyl (C=O) groups is 2. The molecule has 2 saturated carbocycles. The number of urea groups is 1. The van der Waals surface area contributed by atoms with Gasteiger partial charge in [-0.25, -0.2) is 14.8 Å². The molecule has 59 heavy (non-hydrogen) atoms. The number of amides is 3. The highest BCUT2D eigenvalue weighted by Crippen LogP contribution is 2.57. The van der Waals surface area contributed by atoms with Crippen LogP contribution < -0.4 is 0 Å². The van der Waals surface area contributed by atoms with Crippen molar-refractivity contribution >= 4 is 69.0 Å². The Kier molecular flexibility index (Phi) is 10.8.